The number of aliphatic hydroxyl groups is 2. The summed E-state index contributed by atoms with van der Waals surface area (Å²) in [7, 11) is 4.21. The molecule has 154 valence electrons. The van der Waals surface area contributed by atoms with Gasteiger partial charge in [-0.2, -0.15) is 0 Å². The van der Waals surface area contributed by atoms with Gasteiger partial charge in [-0.1, -0.05) is 13.8 Å². The van der Waals surface area contributed by atoms with Crippen molar-refractivity contribution in [3.63, 3.8) is 0 Å². The average Bonchev–Trinajstić information content (AvgIpc) is 2.94. The van der Waals surface area contributed by atoms with Crippen LogP contribution in [0.15, 0.2) is 22.7 Å². The summed E-state index contributed by atoms with van der Waals surface area (Å²) in [5.74, 6) is -8.63. The summed E-state index contributed by atoms with van der Waals surface area (Å²) in [6, 6.07) is 0. The zero-order valence-corrected chi connectivity index (χ0v) is 16.3. The van der Waals surface area contributed by atoms with Crippen molar-refractivity contribution in [3.05, 3.63) is 22.7 Å². The Kier molecular flexibility index (Phi) is 5.20. The van der Waals surface area contributed by atoms with Crippen LogP contribution in [-0.2, 0) is 38.1 Å². The molecule has 10 heteroatoms. The summed E-state index contributed by atoms with van der Waals surface area (Å²) < 4.78 is 18.9. The van der Waals surface area contributed by atoms with E-state index in [0.29, 0.717) is 0 Å². The molecule has 10 nitrogen and oxygen atoms in total. The molecule has 0 aromatic heterocycles. The lowest BCUT2D eigenvalue weighted by Gasteiger charge is -2.41. The van der Waals surface area contributed by atoms with Crippen molar-refractivity contribution in [2.24, 2.45) is 22.7 Å². The Hall–Kier alpha value is -3.04. The van der Waals surface area contributed by atoms with Crippen LogP contribution in [0.5, 0.6) is 0 Å². The van der Waals surface area contributed by atoms with E-state index in [9.17, 15) is 29.4 Å². The molecule has 0 saturated heterocycles. The summed E-state index contributed by atoms with van der Waals surface area (Å²) >= 11 is 0. The van der Waals surface area contributed by atoms with Crippen molar-refractivity contribution in [2.45, 2.75) is 13.8 Å². The van der Waals surface area contributed by atoms with Crippen LogP contribution < -0.4 is 0 Å². The fourth-order valence-electron chi connectivity index (χ4n) is 4.54. The molecule has 0 radical (unpaired) electrons. The lowest BCUT2D eigenvalue weighted by molar-refractivity contribution is -0.157. The van der Waals surface area contributed by atoms with Crippen molar-refractivity contribution < 1.29 is 48.3 Å². The lowest BCUT2D eigenvalue weighted by atomic mass is 9.58. The Balaban J connectivity index is 2.98. The van der Waals surface area contributed by atoms with E-state index < -0.39 is 69.2 Å². The minimum atomic E-state index is -1.77. The molecule has 4 atom stereocenters. The van der Waals surface area contributed by atoms with Crippen molar-refractivity contribution in [3.8, 4) is 0 Å². The number of rotatable bonds is 4. The maximum atomic E-state index is 12.5. The van der Waals surface area contributed by atoms with Crippen molar-refractivity contribution in [1.29, 1.82) is 0 Å². The van der Waals surface area contributed by atoms with Gasteiger partial charge in [0.25, 0.3) is 0 Å². The fourth-order valence-corrected chi connectivity index (χ4v) is 4.54. The molecule has 0 aromatic rings. The minimum absolute atomic E-state index is 0.436. The molecular weight excluding hydrogens is 376 g/mol. The van der Waals surface area contributed by atoms with Crippen molar-refractivity contribution in [1.82, 2.24) is 0 Å². The molecular formula is C18H22O10. The number of methoxy groups -OCH3 is 4. The molecule has 0 fully saturated rings. The van der Waals surface area contributed by atoms with E-state index in [0.717, 1.165) is 28.4 Å². The van der Waals surface area contributed by atoms with Crippen LogP contribution in [0.1, 0.15) is 13.8 Å². The highest BCUT2D eigenvalue weighted by atomic mass is 16.5. The number of aliphatic hydroxyl groups excluding tert-OH is 2. The van der Waals surface area contributed by atoms with Gasteiger partial charge in [0, 0.05) is 10.8 Å². The predicted molar refractivity (Wildman–Crippen MR) is 90.6 cm³/mol. The molecule has 0 spiro atoms. The minimum Gasteiger partial charge on any atom is -0.511 e. The van der Waals surface area contributed by atoms with Gasteiger partial charge in [0.1, 0.15) is 23.4 Å². The Morgan fingerprint density at radius 1 is 0.679 bits per heavy atom. The molecule has 0 aliphatic heterocycles. The van der Waals surface area contributed by atoms with Crippen LogP contribution in [-0.4, -0.2) is 62.5 Å². The first-order valence-electron chi connectivity index (χ1n) is 8.20. The van der Waals surface area contributed by atoms with Crippen molar-refractivity contribution in [2.75, 3.05) is 28.4 Å². The zero-order valence-electron chi connectivity index (χ0n) is 16.3. The SMILES string of the molecule is COC(=O)C1=C(O)[C@H](C(=O)OC)[C@@]2(C)C(C(=O)OC)=C(O)[C@H](C(=O)OC)[C@@]12C. The monoisotopic (exact) mass is 398 g/mol. The van der Waals surface area contributed by atoms with Crippen LogP contribution in [0.4, 0.5) is 0 Å². The molecule has 0 unspecified atom stereocenters. The predicted octanol–water partition coefficient (Wildman–Crippen LogP) is 0.575. The molecule has 0 heterocycles. The van der Waals surface area contributed by atoms with Crippen molar-refractivity contribution >= 4 is 23.9 Å². The highest BCUT2D eigenvalue weighted by Gasteiger charge is 2.76. The van der Waals surface area contributed by atoms with Crippen LogP contribution in [0.3, 0.4) is 0 Å². The standard InChI is InChI=1S/C18H22O10/c1-17-7(13(21)25-3)11(19)9(15(23)27-5)18(17,2)10(16(24)28-6)12(20)8(17)14(22)26-4/h7,10,19-20H,1-6H3/t7-,10-,17+,18-/m1/s1. The van der Waals surface area contributed by atoms with Gasteiger partial charge in [-0.05, 0) is 0 Å². The Morgan fingerprint density at radius 2 is 0.964 bits per heavy atom. The zero-order chi connectivity index (χ0) is 21.6. The number of hydrogen-bond acceptors (Lipinski definition) is 10. The summed E-state index contributed by atoms with van der Waals surface area (Å²) in [6.07, 6.45) is 0. The van der Waals surface area contributed by atoms with Crippen LogP contribution >= 0.6 is 0 Å². The molecule has 0 aromatic carbocycles. The number of carbonyl (C=O) groups excluding carboxylic acids is 4. The Bertz CT molecular complexity index is 754. The Morgan fingerprint density at radius 3 is 1.18 bits per heavy atom. The molecule has 28 heavy (non-hydrogen) atoms. The molecule has 2 aliphatic carbocycles. The van der Waals surface area contributed by atoms with E-state index in [1.54, 1.807) is 0 Å². The van der Waals surface area contributed by atoms with Gasteiger partial charge in [0.2, 0.25) is 0 Å². The largest absolute Gasteiger partial charge is 0.511 e. The topological polar surface area (TPSA) is 146 Å². The van der Waals surface area contributed by atoms with Gasteiger partial charge in [-0.15, -0.1) is 0 Å². The summed E-state index contributed by atoms with van der Waals surface area (Å²) in [4.78, 5) is 50.1. The van der Waals surface area contributed by atoms with Crippen LogP contribution in [0.25, 0.3) is 0 Å². The quantitative estimate of drug-likeness (QED) is 0.509. The third-order valence-electron chi connectivity index (χ3n) is 5.98. The van der Waals surface area contributed by atoms with Gasteiger partial charge < -0.3 is 29.2 Å². The summed E-state index contributed by atoms with van der Waals surface area (Å²) in [6.45, 7) is 2.71. The second-order valence-electron chi connectivity index (χ2n) is 6.82. The second kappa shape index (κ2) is 6.84. The molecule has 0 saturated carbocycles. The normalized spacial score (nSPS) is 31.4. The van der Waals surface area contributed by atoms with E-state index in [-0.39, 0.29) is 0 Å². The van der Waals surface area contributed by atoms with E-state index in [1.807, 2.05) is 0 Å². The van der Waals surface area contributed by atoms with Gasteiger partial charge in [-0.3, -0.25) is 9.59 Å². The van der Waals surface area contributed by atoms with Crippen LogP contribution in [0.2, 0.25) is 0 Å². The molecule has 2 N–H and O–H groups in total. The van der Waals surface area contributed by atoms with Gasteiger partial charge >= 0.3 is 23.9 Å². The second-order valence-corrected chi connectivity index (χ2v) is 6.82. The third kappa shape index (κ3) is 2.26. The van der Waals surface area contributed by atoms with Crippen LogP contribution in [0, 0.1) is 22.7 Å². The highest BCUT2D eigenvalue weighted by molar-refractivity contribution is 6.02. The maximum absolute atomic E-state index is 12.5. The molecule has 2 aliphatic rings. The van der Waals surface area contributed by atoms with Gasteiger partial charge in [0.15, 0.2) is 0 Å². The van der Waals surface area contributed by atoms with Gasteiger partial charge in [-0.25, -0.2) is 9.59 Å². The first kappa shape index (κ1) is 21.3. The number of ether oxygens (including phenoxy) is 4. The number of carbonyl (C=O) groups is 4. The number of esters is 4. The smallest absolute Gasteiger partial charge is 0.337 e. The first-order chi connectivity index (χ1) is 13.0. The summed E-state index contributed by atoms with van der Waals surface area (Å²) in [5.41, 5.74) is -4.42. The van der Waals surface area contributed by atoms with Gasteiger partial charge in [0.05, 0.1) is 39.6 Å². The first-order valence-corrected chi connectivity index (χ1v) is 8.20. The van der Waals surface area contributed by atoms with E-state index in [4.69, 9.17) is 18.9 Å². The van der Waals surface area contributed by atoms with E-state index in [2.05, 4.69) is 0 Å². The highest BCUT2D eigenvalue weighted by Crippen LogP contribution is 2.71. The van der Waals surface area contributed by atoms with E-state index >= 15 is 0 Å². The fraction of sp³-hybridized carbons (Fsp3) is 0.556. The van der Waals surface area contributed by atoms with E-state index in [1.165, 1.54) is 13.8 Å². The number of fused-ring (bicyclic) bond motifs is 1. The Labute approximate surface area is 160 Å². The molecule has 2 rings (SSSR count). The lowest BCUT2D eigenvalue weighted by Crippen LogP contribution is -2.48. The maximum Gasteiger partial charge on any atom is 0.337 e. The molecule has 0 amide bonds. The third-order valence-corrected chi connectivity index (χ3v) is 5.98. The summed E-state index contributed by atoms with van der Waals surface area (Å²) in [5, 5.41) is 21.6. The number of hydrogen-bond donors (Lipinski definition) is 2. The average molecular weight is 398 g/mol. The molecule has 0 bridgehead atoms.